The van der Waals surface area contributed by atoms with Gasteiger partial charge in [0, 0.05) is 19.3 Å². The van der Waals surface area contributed by atoms with Crippen LogP contribution < -0.4 is 5.73 Å². The summed E-state index contributed by atoms with van der Waals surface area (Å²) in [5.74, 6) is 0. The number of rotatable bonds is 6. The molecule has 0 bridgehead atoms. The van der Waals surface area contributed by atoms with E-state index in [0.717, 1.165) is 12.5 Å². The largest absolute Gasteiger partial charge is 0.416 e. The molecule has 1 unspecified atom stereocenters. The van der Waals surface area contributed by atoms with Gasteiger partial charge in [0.2, 0.25) is 0 Å². The molecule has 18 heavy (non-hydrogen) atoms. The van der Waals surface area contributed by atoms with Crippen molar-refractivity contribution >= 4 is 0 Å². The quantitative estimate of drug-likeness (QED) is 0.795. The van der Waals surface area contributed by atoms with Crippen molar-refractivity contribution in [2.45, 2.75) is 32.0 Å². The third kappa shape index (κ3) is 4.31. The van der Waals surface area contributed by atoms with Crippen molar-refractivity contribution in [2.75, 3.05) is 13.2 Å². The highest BCUT2D eigenvalue weighted by molar-refractivity contribution is 5.32. The van der Waals surface area contributed by atoms with Crippen molar-refractivity contribution in [3.8, 4) is 0 Å². The topological polar surface area (TPSA) is 35.2 Å². The Labute approximate surface area is 105 Å². The Balaban J connectivity index is 2.70. The molecule has 0 aliphatic rings. The second kappa shape index (κ2) is 6.75. The number of benzene rings is 1. The van der Waals surface area contributed by atoms with Gasteiger partial charge in [0.1, 0.15) is 0 Å². The van der Waals surface area contributed by atoms with Crippen molar-refractivity contribution in [1.82, 2.24) is 0 Å². The van der Waals surface area contributed by atoms with Crippen molar-refractivity contribution in [3.05, 3.63) is 35.4 Å². The molecule has 5 heteroatoms. The maximum Gasteiger partial charge on any atom is 0.416 e. The summed E-state index contributed by atoms with van der Waals surface area (Å²) in [6.07, 6.45) is -3.10. The molecule has 0 radical (unpaired) electrons. The number of ether oxygens (including phenoxy) is 1. The van der Waals surface area contributed by atoms with E-state index in [-0.39, 0.29) is 5.56 Å². The molecule has 1 atom stereocenters. The Morgan fingerprint density at radius 3 is 2.50 bits per heavy atom. The molecular weight excluding hydrogens is 243 g/mol. The summed E-state index contributed by atoms with van der Waals surface area (Å²) >= 11 is 0. The van der Waals surface area contributed by atoms with Gasteiger partial charge in [-0.3, -0.25) is 0 Å². The molecule has 0 aliphatic heterocycles. The van der Waals surface area contributed by atoms with E-state index in [2.05, 4.69) is 0 Å². The van der Waals surface area contributed by atoms with Crippen LogP contribution in [0, 0.1) is 0 Å². The predicted octanol–water partition coefficient (Wildman–Crippen LogP) is 3.52. The molecule has 1 aromatic rings. The van der Waals surface area contributed by atoms with E-state index in [0.29, 0.717) is 19.6 Å². The number of hydrogen-bond donors (Lipinski definition) is 1. The van der Waals surface area contributed by atoms with Crippen LogP contribution in [-0.4, -0.2) is 13.2 Å². The summed E-state index contributed by atoms with van der Waals surface area (Å²) in [4.78, 5) is 0. The van der Waals surface area contributed by atoms with Crippen LogP contribution in [-0.2, 0) is 10.9 Å². The smallest absolute Gasteiger partial charge is 0.381 e. The fraction of sp³-hybridized carbons (Fsp3) is 0.538. The van der Waals surface area contributed by atoms with Gasteiger partial charge in [-0.2, -0.15) is 13.2 Å². The van der Waals surface area contributed by atoms with Crippen LogP contribution >= 0.6 is 0 Å². The normalized spacial score (nSPS) is 13.6. The third-order valence-electron chi connectivity index (χ3n) is 2.59. The summed E-state index contributed by atoms with van der Waals surface area (Å²) in [7, 11) is 0. The molecule has 0 amide bonds. The van der Waals surface area contributed by atoms with Crippen molar-refractivity contribution < 1.29 is 17.9 Å². The van der Waals surface area contributed by atoms with Crippen molar-refractivity contribution in [1.29, 1.82) is 0 Å². The number of alkyl halides is 3. The van der Waals surface area contributed by atoms with Gasteiger partial charge in [-0.1, -0.05) is 25.1 Å². The summed E-state index contributed by atoms with van der Waals surface area (Å²) in [5.41, 5.74) is 5.27. The van der Waals surface area contributed by atoms with Gasteiger partial charge in [-0.25, -0.2) is 0 Å². The van der Waals surface area contributed by atoms with Crippen LogP contribution in [0.25, 0.3) is 0 Å². The van der Waals surface area contributed by atoms with Gasteiger partial charge >= 0.3 is 6.18 Å². The lowest BCUT2D eigenvalue weighted by Gasteiger charge is -2.18. The lowest BCUT2D eigenvalue weighted by Crippen LogP contribution is -2.19. The first kappa shape index (κ1) is 15.0. The average molecular weight is 261 g/mol. The van der Waals surface area contributed by atoms with Crippen LogP contribution in [0.2, 0.25) is 0 Å². The average Bonchev–Trinajstić information content (AvgIpc) is 2.33. The van der Waals surface area contributed by atoms with Gasteiger partial charge in [-0.15, -0.1) is 0 Å². The monoisotopic (exact) mass is 261 g/mol. The van der Waals surface area contributed by atoms with E-state index in [1.807, 2.05) is 6.92 Å². The molecule has 2 nitrogen and oxygen atoms in total. The van der Waals surface area contributed by atoms with Gasteiger partial charge in [0.15, 0.2) is 0 Å². The number of hydrogen-bond acceptors (Lipinski definition) is 2. The van der Waals surface area contributed by atoms with Crippen LogP contribution in [0.3, 0.4) is 0 Å². The zero-order valence-electron chi connectivity index (χ0n) is 10.3. The lowest BCUT2D eigenvalue weighted by molar-refractivity contribution is -0.138. The summed E-state index contributed by atoms with van der Waals surface area (Å²) in [5, 5.41) is 0. The van der Waals surface area contributed by atoms with Crippen molar-refractivity contribution in [2.24, 2.45) is 5.73 Å². The molecule has 0 aromatic heterocycles. The minimum Gasteiger partial charge on any atom is -0.381 e. The Morgan fingerprint density at radius 1 is 1.22 bits per heavy atom. The molecule has 1 aromatic carbocycles. The molecule has 0 saturated heterocycles. The second-order valence-corrected chi connectivity index (χ2v) is 4.09. The van der Waals surface area contributed by atoms with E-state index in [1.165, 1.54) is 12.1 Å². The second-order valence-electron chi connectivity index (χ2n) is 4.09. The highest BCUT2D eigenvalue weighted by Gasteiger charge is 2.34. The summed E-state index contributed by atoms with van der Waals surface area (Å²) < 4.78 is 43.5. The first-order valence-electron chi connectivity index (χ1n) is 5.96. The molecule has 0 spiro atoms. The minimum absolute atomic E-state index is 0.130. The van der Waals surface area contributed by atoms with E-state index in [9.17, 15) is 13.2 Å². The van der Waals surface area contributed by atoms with E-state index >= 15 is 0 Å². The number of nitrogens with two attached hydrogens (primary N) is 1. The Kier molecular flexibility index (Phi) is 5.62. The zero-order valence-corrected chi connectivity index (χ0v) is 10.3. The highest BCUT2D eigenvalue weighted by Crippen LogP contribution is 2.34. The van der Waals surface area contributed by atoms with E-state index < -0.39 is 17.8 Å². The lowest BCUT2D eigenvalue weighted by atomic mass is 9.98. The molecule has 0 saturated carbocycles. The Morgan fingerprint density at radius 2 is 1.89 bits per heavy atom. The van der Waals surface area contributed by atoms with Crippen molar-refractivity contribution in [3.63, 3.8) is 0 Å². The van der Waals surface area contributed by atoms with Gasteiger partial charge in [0.05, 0.1) is 5.56 Å². The maximum absolute atomic E-state index is 12.8. The maximum atomic E-state index is 12.8. The van der Waals surface area contributed by atoms with E-state index in [1.54, 1.807) is 6.07 Å². The van der Waals surface area contributed by atoms with Gasteiger partial charge in [0.25, 0.3) is 0 Å². The zero-order chi connectivity index (χ0) is 13.6. The molecular formula is C13H18F3NO. The Bertz CT molecular complexity index is 365. The fourth-order valence-corrected chi connectivity index (χ4v) is 1.69. The predicted molar refractivity (Wildman–Crippen MR) is 64.1 cm³/mol. The van der Waals surface area contributed by atoms with Gasteiger partial charge in [-0.05, 0) is 24.5 Å². The molecule has 0 fully saturated rings. The Hall–Kier alpha value is -1.07. The summed E-state index contributed by atoms with van der Waals surface area (Å²) in [6, 6.07) is 4.76. The van der Waals surface area contributed by atoms with Crippen LogP contribution in [0.15, 0.2) is 24.3 Å². The highest BCUT2D eigenvalue weighted by atomic mass is 19.4. The molecule has 1 rings (SSSR count). The van der Waals surface area contributed by atoms with Crippen LogP contribution in [0.4, 0.5) is 13.2 Å². The molecule has 2 N–H and O–H groups in total. The molecule has 0 aliphatic carbocycles. The first-order valence-corrected chi connectivity index (χ1v) is 5.96. The molecule has 102 valence electrons. The number of halogens is 3. The van der Waals surface area contributed by atoms with E-state index in [4.69, 9.17) is 10.5 Å². The fourth-order valence-electron chi connectivity index (χ4n) is 1.69. The first-order chi connectivity index (χ1) is 8.46. The SMILES string of the molecule is CCCOCCC(N)c1ccccc1C(F)(F)F. The summed E-state index contributed by atoms with van der Waals surface area (Å²) in [6.45, 7) is 2.95. The molecule has 0 heterocycles. The van der Waals surface area contributed by atoms with Crippen LogP contribution in [0.1, 0.15) is 36.9 Å². The standard InChI is InChI=1S/C13H18F3NO/c1-2-8-18-9-7-12(17)10-5-3-4-6-11(10)13(14,15)16/h3-6,12H,2,7-9,17H2,1H3. The van der Waals surface area contributed by atoms with Crippen LogP contribution in [0.5, 0.6) is 0 Å². The third-order valence-corrected chi connectivity index (χ3v) is 2.59. The van der Waals surface area contributed by atoms with Gasteiger partial charge < -0.3 is 10.5 Å². The minimum atomic E-state index is -4.36.